The zero-order valence-corrected chi connectivity index (χ0v) is 17.1. The maximum absolute atomic E-state index is 12.3. The molecule has 2 atom stereocenters. The van der Waals surface area contributed by atoms with Crippen LogP contribution < -0.4 is 10.6 Å². The number of fused-ring (bicyclic) bond motifs is 3. The zero-order valence-electron chi connectivity index (χ0n) is 17.1. The molecule has 2 aromatic rings. The lowest BCUT2D eigenvalue weighted by Crippen LogP contribution is -2.48. The molecule has 2 aromatic carbocycles. The molecule has 1 aliphatic rings. The third-order valence-corrected chi connectivity index (χ3v) is 5.33. The predicted molar refractivity (Wildman–Crippen MR) is 112 cm³/mol. The fourth-order valence-corrected chi connectivity index (χ4v) is 3.72. The number of hydrogen-bond acceptors (Lipinski definition) is 4. The Morgan fingerprint density at radius 1 is 1.00 bits per heavy atom. The van der Waals surface area contributed by atoms with Crippen molar-refractivity contribution in [3.05, 3.63) is 59.7 Å². The molecule has 30 heavy (non-hydrogen) atoms. The van der Waals surface area contributed by atoms with Crippen molar-refractivity contribution in [3.8, 4) is 11.1 Å². The molecule has 0 fully saturated rings. The lowest BCUT2D eigenvalue weighted by Gasteiger charge is -2.20. The maximum Gasteiger partial charge on any atom is 0.407 e. The van der Waals surface area contributed by atoms with Crippen LogP contribution in [0.3, 0.4) is 0 Å². The molecule has 0 saturated carbocycles. The molecule has 0 saturated heterocycles. The van der Waals surface area contributed by atoms with Crippen molar-refractivity contribution < 1.29 is 24.2 Å². The van der Waals surface area contributed by atoms with Crippen LogP contribution in [0.5, 0.6) is 0 Å². The fraction of sp³-hybridized carbons (Fsp3) is 0.348. The zero-order chi connectivity index (χ0) is 21.7. The van der Waals surface area contributed by atoms with E-state index >= 15 is 0 Å². The van der Waals surface area contributed by atoms with Crippen molar-refractivity contribution >= 4 is 18.0 Å². The number of carboxylic acid groups (broad SMARTS) is 1. The van der Waals surface area contributed by atoms with Gasteiger partial charge in [0.15, 0.2) is 0 Å². The Morgan fingerprint density at radius 3 is 2.10 bits per heavy atom. The number of aliphatic carboxylic acids is 1. The highest BCUT2D eigenvalue weighted by Crippen LogP contribution is 2.44. The third kappa shape index (κ3) is 4.79. The van der Waals surface area contributed by atoms with E-state index < -0.39 is 30.1 Å². The Labute approximate surface area is 175 Å². The van der Waals surface area contributed by atoms with Gasteiger partial charge in [-0.25, -0.2) is 4.79 Å². The first-order valence-electron chi connectivity index (χ1n) is 10.0. The third-order valence-electron chi connectivity index (χ3n) is 5.33. The summed E-state index contributed by atoms with van der Waals surface area (Å²) >= 11 is 0. The molecule has 3 N–H and O–H groups in total. The minimum absolute atomic E-state index is 0.0627. The van der Waals surface area contributed by atoms with Gasteiger partial charge in [-0.15, -0.1) is 0 Å². The normalized spacial score (nSPS) is 14.2. The summed E-state index contributed by atoms with van der Waals surface area (Å²) in [5.41, 5.74) is 4.49. The number of alkyl carbamates (subject to hydrolysis) is 1. The molecule has 0 unspecified atom stereocenters. The molecule has 0 aromatic heterocycles. The molecule has 1 aliphatic carbocycles. The van der Waals surface area contributed by atoms with E-state index in [1.165, 1.54) is 6.92 Å². The van der Waals surface area contributed by atoms with Crippen molar-refractivity contribution in [1.29, 1.82) is 0 Å². The van der Waals surface area contributed by atoms with E-state index in [0.717, 1.165) is 22.3 Å². The number of amides is 2. The van der Waals surface area contributed by atoms with Crippen LogP contribution in [-0.4, -0.2) is 41.8 Å². The number of carbonyl (C=O) groups excluding carboxylic acids is 2. The highest BCUT2D eigenvalue weighted by Gasteiger charge is 2.29. The maximum atomic E-state index is 12.3. The van der Waals surface area contributed by atoms with E-state index in [1.807, 2.05) is 36.4 Å². The van der Waals surface area contributed by atoms with Gasteiger partial charge in [0, 0.05) is 12.0 Å². The predicted octanol–water partition coefficient (Wildman–Crippen LogP) is 3.28. The second kappa shape index (κ2) is 9.43. The Morgan fingerprint density at radius 2 is 1.57 bits per heavy atom. The first-order valence-corrected chi connectivity index (χ1v) is 10.0. The highest BCUT2D eigenvalue weighted by molar-refractivity contribution is 5.86. The van der Waals surface area contributed by atoms with Crippen LogP contribution in [0, 0.1) is 0 Å². The number of rotatable bonds is 8. The molecule has 0 bridgehead atoms. The van der Waals surface area contributed by atoms with Crippen LogP contribution in [0.15, 0.2) is 48.5 Å². The molecule has 0 spiro atoms. The van der Waals surface area contributed by atoms with E-state index in [0.29, 0.717) is 6.42 Å². The number of carboxylic acids is 1. The Kier molecular flexibility index (Phi) is 6.72. The Balaban J connectivity index is 1.57. The van der Waals surface area contributed by atoms with Crippen molar-refractivity contribution in [2.24, 2.45) is 0 Å². The van der Waals surface area contributed by atoms with E-state index in [2.05, 4.69) is 22.8 Å². The lowest BCUT2D eigenvalue weighted by atomic mass is 9.98. The molecular formula is C23H26N2O5. The van der Waals surface area contributed by atoms with Gasteiger partial charge >= 0.3 is 12.1 Å². The van der Waals surface area contributed by atoms with Gasteiger partial charge in [-0.3, -0.25) is 9.59 Å². The summed E-state index contributed by atoms with van der Waals surface area (Å²) in [4.78, 5) is 35.4. The van der Waals surface area contributed by atoms with Gasteiger partial charge in [0.2, 0.25) is 5.91 Å². The molecule has 3 rings (SSSR count). The summed E-state index contributed by atoms with van der Waals surface area (Å²) in [6.45, 7) is 3.48. The first-order chi connectivity index (χ1) is 14.4. The topological polar surface area (TPSA) is 105 Å². The molecule has 0 aliphatic heterocycles. The number of carbonyl (C=O) groups is 3. The summed E-state index contributed by atoms with van der Waals surface area (Å²) in [6.07, 6.45) is -0.374. The fourth-order valence-electron chi connectivity index (χ4n) is 3.72. The lowest BCUT2D eigenvalue weighted by molar-refractivity contribution is -0.137. The summed E-state index contributed by atoms with van der Waals surface area (Å²) in [7, 11) is 0. The van der Waals surface area contributed by atoms with Gasteiger partial charge in [-0.1, -0.05) is 55.5 Å². The number of benzene rings is 2. The van der Waals surface area contributed by atoms with Crippen LogP contribution in [-0.2, 0) is 14.3 Å². The van der Waals surface area contributed by atoms with Gasteiger partial charge in [-0.2, -0.15) is 0 Å². The van der Waals surface area contributed by atoms with Gasteiger partial charge in [0.1, 0.15) is 12.6 Å². The van der Waals surface area contributed by atoms with Gasteiger partial charge in [-0.05, 0) is 35.6 Å². The average molecular weight is 410 g/mol. The number of hydrogen-bond donors (Lipinski definition) is 3. The number of nitrogens with one attached hydrogen (secondary N) is 2. The molecule has 2 amide bonds. The molecule has 158 valence electrons. The molecule has 0 radical (unpaired) electrons. The minimum atomic E-state index is -0.987. The Hall–Kier alpha value is -3.35. The van der Waals surface area contributed by atoms with Crippen LogP contribution >= 0.6 is 0 Å². The molecular weight excluding hydrogens is 384 g/mol. The second-order valence-corrected chi connectivity index (χ2v) is 7.40. The van der Waals surface area contributed by atoms with Crippen molar-refractivity contribution in [3.63, 3.8) is 0 Å². The van der Waals surface area contributed by atoms with Crippen LogP contribution in [0.4, 0.5) is 4.79 Å². The second-order valence-electron chi connectivity index (χ2n) is 7.40. The quantitative estimate of drug-likeness (QED) is 0.619. The van der Waals surface area contributed by atoms with Gasteiger partial charge in [0.25, 0.3) is 0 Å². The molecule has 7 heteroatoms. The Bertz CT molecular complexity index is 897. The summed E-state index contributed by atoms with van der Waals surface area (Å²) in [5, 5.41) is 14.0. The largest absolute Gasteiger partial charge is 0.481 e. The minimum Gasteiger partial charge on any atom is -0.481 e. The van der Waals surface area contributed by atoms with E-state index in [1.54, 1.807) is 6.92 Å². The van der Waals surface area contributed by atoms with Crippen LogP contribution in [0.1, 0.15) is 43.7 Å². The summed E-state index contributed by atoms with van der Waals surface area (Å²) in [5.74, 6) is -1.50. The van der Waals surface area contributed by atoms with Crippen LogP contribution in [0.25, 0.3) is 11.1 Å². The molecule has 0 heterocycles. The summed E-state index contributed by atoms with van der Waals surface area (Å²) < 4.78 is 5.43. The van der Waals surface area contributed by atoms with Crippen molar-refractivity contribution in [1.82, 2.24) is 10.6 Å². The smallest absolute Gasteiger partial charge is 0.407 e. The van der Waals surface area contributed by atoms with E-state index in [-0.39, 0.29) is 18.9 Å². The average Bonchev–Trinajstić information content (AvgIpc) is 3.05. The first kappa shape index (κ1) is 21.4. The SMILES string of the molecule is CC[C@H](CC(=O)O)NC(=O)[C@@H](C)NC(=O)OCC1c2ccccc2-c2ccccc21. The number of ether oxygens (including phenoxy) is 1. The standard InChI is InChI=1S/C23H26N2O5/c1-3-15(12-21(26)27)25-22(28)14(2)24-23(29)30-13-20-18-10-6-4-8-16(18)17-9-5-7-11-19(17)20/h4-11,14-15,20H,3,12-13H2,1-2H3,(H,24,29)(H,25,28)(H,26,27)/t14-,15-/m1/s1. The molecule has 7 nitrogen and oxygen atoms in total. The summed E-state index contributed by atoms with van der Waals surface area (Å²) in [6, 6.07) is 14.8. The monoisotopic (exact) mass is 410 g/mol. The van der Waals surface area contributed by atoms with Crippen molar-refractivity contribution in [2.45, 2.75) is 44.7 Å². The van der Waals surface area contributed by atoms with Crippen molar-refractivity contribution in [2.75, 3.05) is 6.61 Å². The van der Waals surface area contributed by atoms with Crippen LogP contribution in [0.2, 0.25) is 0 Å². The van der Waals surface area contributed by atoms with Gasteiger partial charge < -0.3 is 20.5 Å². The van der Waals surface area contributed by atoms with E-state index in [9.17, 15) is 14.4 Å². The van der Waals surface area contributed by atoms with E-state index in [4.69, 9.17) is 9.84 Å². The van der Waals surface area contributed by atoms with Gasteiger partial charge in [0.05, 0.1) is 6.42 Å². The highest BCUT2D eigenvalue weighted by atomic mass is 16.5.